The molecular formula is C31H37Cl2N3O4S. The number of hydrogen-bond acceptors (Lipinski definition) is 4. The average Bonchev–Trinajstić information content (AvgIpc) is 2.93. The number of rotatable bonds is 13. The number of halogens is 2. The number of hydrogen-bond donors (Lipinski definition) is 1. The Morgan fingerprint density at radius 2 is 1.63 bits per heavy atom. The fourth-order valence-electron chi connectivity index (χ4n) is 4.50. The normalized spacial score (nSPS) is 12.0. The van der Waals surface area contributed by atoms with Gasteiger partial charge in [-0.15, -0.1) is 0 Å². The van der Waals surface area contributed by atoms with Gasteiger partial charge in [0, 0.05) is 19.5 Å². The lowest BCUT2D eigenvalue weighted by Crippen LogP contribution is -2.53. The van der Waals surface area contributed by atoms with E-state index in [0.717, 1.165) is 40.1 Å². The summed E-state index contributed by atoms with van der Waals surface area (Å²) in [6, 6.07) is 18.9. The largest absolute Gasteiger partial charge is 0.354 e. The summed E-state index contributed by atoms with van der Waals surface area (Å²) in [5, 5.41) is 3.65. The first kappa shape index (κ1) is 32.4. The van der Waals surface area contributed by atoms with Crippen LogP contribution in [-0.4, -0.2) is 50.5 Å². The summed E-state index contributed by atoms with van der Waals surface area (Å²) in [5.74, 6) is -0.831. The number of unbranched alkanes of at least 4 members (excludes halogenated alkanes) is 1. The zero-order valence-electron chi connectivity index (χ0n) is 23.9. The number of sulfonamides is 1. The van der Waals surface area contributed by atoms with Crippen molar-refractivity contribution in [2.24, 2.45) is 0 Å². The summed E-state index contributed by atoms with van der Waals surface area (Å²) in [6.07, 6.45) is 3.01. The molecule has 0 fully saturated rings. The van der Waals surface area contributed by atoms with Crippen LogP contribution in [0.5, 0.6) is 0 Å². The van der Waals surface area contributed by atoms with E-state index in [-0.39, 0.29) is 18.9 Å². The summed E-state index contributed by atoms with van der Waals surface area (Å²) in [5.41, 5.74) is 3.59. The topological polar surface area (TPSA) is 86.8 Å². The van der Waals surface area contributed by atoms with Gasteiger partial charge in [-0.1, -0.05) is 85.1 Å². The van der Waals surface area contributed by atoms with Gasteiger partial charge >= 0.3 is 0 Å². The van der Waals surface area contributed by atoms with E-state index < -0.39 is 28.5 Å². The van der Waals surface area contributed by atoms with E-state index in [1.807, 2.05) is 57.2 Å². The molecule has 0 aliphatic carbocycles. The maximum Gasteiger partial charge on any atom is 0.244 e. The number of anilines is 1. The Bertz CT molecular complexity index is 1470. The smallest absolute Gasteiger partial charge is 0.244 e. The maximum absolute atomic E-state index is 14.2. The minimum Gasteiger partial charge on any atom is -0.354 e. The van der Waals surface area contributed by atoms with Crippen LogP contribution in [0.4, 0.5) is 5.69 Å². The molecule has 1 N–H and O–H groups in total. The Morgan fingerprint density at radius 3 is 2.27 bits per heavy atom. The molecule has 3 rings (SSSR count). The monoisotopic (exact) mass is 617 g/mol. The van der Waals surface area contributed by atoms with Crippen LogP contribution in [0.25, 0.3) is 0 Å². The fourth-order valence-corrected chi connectivity index (χ4v) is 5.72. The highest BCUT2D eigenvalue weighted by atomic mass is 35.5. The second-order valence-electron chi connectivity index (χ2n) is 10.1. The number of nitrogens with one attached hydrogen (secondary N) is 1. The van der Waals surface area contributed by atoms with Crippen molar-refractivity contribution in [3.8, 4) is 0 Å². The average molecular weight is 619 g/mol. The molecule has 3 aromatic carbocycles. The SMILES string of the molecule is CCCCNC(=O)[C@H](Cc1ccccc1)N(Cc1ccc(Cl)c(Cl)c1)C(=O)CN(c1cccc(C)c1C)S(C)(=O)=O. The molecule has 0 bridgehead atoms. The minimum atomic E-state index is -3.85. The Hall–Kier alpha value is -3.07. The maximum atomic E-state index is 14.2. The number of carbonyl (C=O) groups is 2. The lowest BCUT2D eigenvalue weighted by Gasteiger charge is -2.34. The van der Waals surface area contributed by atoms with Gasteiger partial charge in [0.25, 0.3) is 0 Å². The van der Waals surface area contributed by atoms with Crippen molar-refractivity contribution >= 4 is 50.7 Å². The number of carbonyl (C=O) groups excluding carboxylic acids is 2. The lowest BCUT2D eigenvalue weighted by molar-refractivity contribution is -0.140. The zero-order chi connectivity index (χ0) is 30.2. The highest BCUT2D eigenvalue weighted by molar-refractivity contribution is 7.92. The van der Waals surface area contributed by atoms with Crippen LogP contribution in [0.3, 0.4) is 0 Å². The molecule has 1 atom stereocenters. The summed E-state index contributed by atoms with van der Waals surface area (Å²) >= 11 is 12.4. The van der Waals surface area contributed by atoms with E-state index in [0.29, 0.717) is 27.8 Å². The summed E-state index contributed by atoms with van der Waals surface area (Å²) in [7, 11) is -3.85. The molecule has 220 valence electrons. The molecule has 0 radical (unpaired) electrons. The standard InChI is InChI=1S/C31H37Cl2N3O4S/c1-5-6-17-34-31(38)29(19-24-12-8-7-9-13-24)35(20-25-15-16-26(32)27(33)18-25)30(37)21-36(41(4,39)40)28-14-10-11-22(2)23(28)3/h7-16,18,29H,5-6,17,19-21H2,1-4H3,(H,34,38)/t29-/m0/s1. The quantitative estimate of drug-likeness (QED) is 0.241. The highest BCUT2D eigenvalue weighted by Crippen LogP contribution is 2.27. The molecule has 10 heteroatoms. The van der Waals surface area contributed by atoms with Crippen LogP contribution in [0, 0.1) is 13.8 Å². The Labute approximate surface area is 253 Å². The van der Waals surface area contributed by atoms with Crippen molar-refractivity contribution in [2.45, 2.75) is 52.6 Å². The Morgan fingerprint density at radius 1 is 0.927 bits per heavy atom. The lowest BCUT2D eigenvalue weighted by atomic mass is 10.0. The van der Waals surface area contributed by atoms with Crippen LogP contribution < -0.4 is 9.62 Å². The van der Waals surface area contributed by atoms with Crippen molar-refractivity contribution in [2.75, 3.05) is 23.7 Å². The minimum absolute atomic E-state index is 0.0266. The number of benzene rings is 3. The van der Waals surface area contributed by atoms with Crippen molar-refractivity contribution in [3.63, 3.8) is 0 Å². The first-order valence-corrected chi connectivity index (χ1v) is 16.1. The molecular weight excluding hydrogens is 581 g/mol. The van der Waals surface area contributed by atoms with E-state index in [1.54, 1.807) is 30.3 Å². The van der Waals surface area contributed by atoms with E-state index in [9.17, 15) is 18.0 Å². The van der Waals surface area contributed by atoms with Crippen molar-refractivity contribution < 1.29 is 18.0 Å². The van der Waals surface area contributed by atoms with Gasteiger partial charge in [0.2, 0.25) is 21.8 Å². The molecule has 3 aromatic rings. The molecule has 41 heavy (non-hydrogen) atoms. The van der Waals surface area contributed by atoms with E-state index >= 15 is 0 Å². The molecule has 2 amide bonds. The third-order valence-electron chi connectivity index (χ3n) is 6.96. The second-order valence-corrected chi connectivity index (χ2v) is 12.8. The van der Waals surface area contributed by atoms with Gasteiger partial charge in [0.05, 0.1) is 22.0 Å². The second kappa shape index (κ2) is 14.7. The van der Waals surface area contributed by atoms with Crippen LogP contribution in [0.2, 0.25) is 10.0 Å². The fraction of sp³-hybridized carbons (Fsp3) is 0.355. The predicted molar refractivity (Wildman–Crippen MR) is 167 cm³/mol. The predicted octanol–water partition coefficient (Wildman–Crippen LogP) is 5.93. The van der Waals surface area contributed by atoms with Gasteiger partial charge in [-0.2, -0.15) is 0 Å². The molecule has 0 aromatic heterocycles. The zero-order valence-corrected chi connectivity index (χ0v) is 26.2. The molecule has 7 nitrogen and oxygen atoms in total. The third-order valence-corrected chi connectivity index (χ3v) is 8.83. The Kier molecular flexibility index (Phi) is 11.6. The molecule has 0 saturated heterocycles. The number of nitrogens with zero attached hydrogens (tertiary/aromatic N) is 2. The first-order chi connectivity index (χ1) is 19.4. The highest BCUT2D eigenvalue weighted by Gasteiger charge is 2.33. The van der Waals surface area contributed by atoms with Gasteiger partial charge in [0.15, 0.2) is 0 Å². The summed E-state index contributed by atoms with van der Waals surface area (Å²) < 4.78 is 27.1. The van der Waals surface area contributed by atoms with Crippen LogP contribution in [0.15, 0.2) is 66.7 Å². The van der Waals surface area contributed by atoms with Crippen molar-refractivity contribution in [1.82, 2.24) is 10.2 Å². The van der Waals surface area contributed by atoms with Gasteiger partial charge in [-0.25, -0.2) is 8.42 Å². The summed E-state index contributed by atoms with van der Waals surface area (Å²) in [6.45, 7) is 5.75. The molecule has 0 aliphatic heterocycles. The first-order valence-electron chi connectivity index (χ1n) is 13.5. The van der Waals surface area contributed by atoms with E-state index in [4.69, 9.17) is 23.2 Å². The van der Waals surface area contributed by atoms with Crippen LogP contribution >= 0.6 is 23.2 Å². The molecule has 0 unspecified atom stereocenters. The number of amides is 2. The third kappa shape index (κ3) is 8.96. The molecule has 0 saturated carbocycles. The van der Waals surface area contributed by atoms with E-state index in [1.165, 1.54) is 4.90 Å². The molecule has 0 spiro atoms. The number of aryl methyl sites for hydroxylation is 1. The molecule has 0 heterocycles. The molecule has 0 aliphatic rings. The van der Waals surface area contributed by atoms with Gasteiger partial charge in [-0.3, -0.25) is 13.9 Å². The van der Waals surface area contributed by atoms with Crippen LogP contribution in [0.1, 0.15) is 42.0 Å². The van der Waals surface area contributed by atoms with Gasteiger partial charge in [0.1, 0.15) is 12.6 Å². The Balaban J connectivity index is 2.08. The van der Waals surface area contributed by atoms with Crippen molar-refractivity contribution in [3.05, 3.63) is 99.0 Å². The van der Waals surface area contributed by atoms with Gasteiger partial charge < -0.3 is 10.2 Å². The van der Waals surface area contributed by atoms with E-state index in [2.05, 4.69) is 5.32 Å². The van der Waals surface area contributed by atoms with Crippen molar-refractivity contribution in [1.29, 1.82) is 0 Å². The summed E-state index contributed by atoms with van der Waals surface area (Å²) in [4.78, 5) is 29.3. The van der Waals surface area contributed by atoms with Gasteiger partial charge in [-0.05, 0) is 60.7 Å². The van der Waals surface area contributed by atoms with Crippen LogP contribution in [-0.2, 0) is 32.6 Å².